The number of nitrogens with zero attached hydrogens (tertiary/aromatic N) is 1. The van der Waals surface area contributed by atoms with Crippen molar-refractivity contribution in [2.75, 3.05) is 33.0 Å². The predicted octanol–water partition coefficient (Wildman–Crippen LogP) is 2.03. The standard InChI is InChI=1S/C12H17ClN2O2/c1-15(7-4-8-17-2)12(16)11-9(13)5-3-6-10(11)14/h3,5-6H,4,7-8,14H2,1-2H3. The van der Waals surface area contributed by atoms with Crippen LogP contribution in [0.2, 0.25) is 5.02 Å². The molecule has 0 aliphatic carbocycles. The van der Waals surface area contributed by atoms with E-state index >= 15 is 0 Å². The Morgan fingerprint density at radius 1 is 1.53 bits per heavy atom. The predicted molar refractivity (Wildman–Crippen MR) is 69.3 cm³/mol. The second-order valence-electron chi connectivity index (χ2n) is 3.78. The van der Waals surface area contributed by atoms with Crippen LogP contribution >= 0.6 is 11.6 Å². The lowest BCUT2D eigenvalue weighted by atomic mass is 10.1. The van der Waals surface area contributed by atoms with Crippen LogP contribution < -0.4 is 5.73 Å². The number of benzene rings is 1. The molecule has 17 heavy (non-hydrogen) atoms. The number of amides is 1. The van der Waals surface area contributed by atoms with Gasteiger partial charge < -0.3 is 15.4 Å². The molecule has 0 heterocycles. The van der Waals surface area contributed by atoms with Gasteiger partial charge in [0.15, 0.2) is 0 Å². The van der Waals surface area contributed by atoms with Crippen molar-refractivity contribution in [2.24, 2.45) is 0 Å². The molecular formula is C12H17ClN2O2. The normalized spacial score (nSPS) is 10.3. The summed E-state index contributed by atoms with van der Waals surface area (Å²) >= 11 is 5.98. The number of anilines is 1. The number of carbonyl (C=O) groups is 1. The fourth-order valence-corrected chi connectivity index (χ4v) is 1.77. The minimum absolute atomic E-state index is 0.163. The molecule has 94 valence electrons. The molecule has 0 bridgehead atoms. The van der Waals surface area contributed by atoms with Crippen molar-refractivity contribution in [1.82, 2.24) is 4.90 Å². The Hall–Kier alpha value is -1.26. The number of ether oxygens (including phenoxy) is 1. The number of halogens is 1. The molecule has 0 saturated heterocycles. The number of rotatable bonds is 5. The van der Waals surface area contributed by atoms with Gasteiger partial charge in [0.25, 0.3) is 5.91 Å². The van der Waals surface area contributed by atoms with Crippen molar-refractivity contribution >= 4 is 23.2 Å². The van der Waals surface area contributed by atoms with Gasteiger partial charge in [0.05, 0.1) is 10.6 Å². The monoisotopic (exact) mass is 256 g/mol. The number of nitrogens with two attached hydrogens (primary N) is 1. The zero-order chi connectivity index (χ0) is 12.8. The third-order valence-corrected chi connectivity index (χ3v) is 2.76. The summed E-state index contributed by atoms with van der Waals surface area (Å²) in [4.78, 5) is 13.7. The van der Waals surface area contributed by atoms with Crippen molar-refractivity contribution in [3.8, 4) is 0 Å². The first-order valence-electron chi connectivity index (χ1n) is 5.36. The van der Waals surface area contributed by atoms with Crippen molar-refractivity contribution in [2.45, 2.75) is 6.42 Å². The first kappa shape index (κ1) is 13.8. The molecule has 1 aromatic carbocycles. The van der Waals surface area contributed by atoms with E-state index in [1.165, 1.54) is 0 Å². The van der Waals surface area contributed by atoms with Crippen LogP contribution in [-0.2, 0) is 4.74 Å². The van der Waals surface area contributed by atoms with Crippen LogP contribution in [0.1, 0.15) is 16.8 Å². The van der Waals surface area contributed by atoms with E-state index in [0.717, 1.165) is 6.42 Å². The topological polar surface area (TPSA) is 55.6 Å². The minimum Gasteiger partial charge on any atom is -0.398 e. The van der Waals surface area contributed by atoms with Gasteiger partial charge in [0.1, 0.15) is 0 Å². The molecule has 0 fully saturated rings. The van der Waals surface area contributed by atoms with Gasteiger partial charge in [-0.1, -0.05) is 17.7 Å². The minimum atomic E-state index is -0.163. The fraction of sp³-hybridized carbons (Fsp3) is 0.417. The van der Waals surface area contributed by atoms with Crippen LogP contribution in [0.25, 0.3) is 0 Å². The van der Waals surface area contributed by atoms with E-state index in [9.17, 15) is 4.79 Å². The molecule has 1 amide bonds. The first-order valence-corrected chi connectivity index (χ1v) is 5.74. The van der Waals surface area contributed by atoms with Crippen LogP contribution in [0.3, 0.4) is 0 Å². The lowest BCUT2D eigenvalue weighted by molar-refractivity contribution is 0.0780. The van der Waals surface area contributed by atoms with E-state index in [-0.39, 0.29) is 5.91 Å². The molecule has 0 aromatic heterocycles. The van der Waals surface area contributed by atoms with Crippen molar-refractivity contribution in [1.29, 1.82) is 0 Å². The second-order valence-corrected chi connectivity index (χ2v) is 4.18. The van der Waals surface area contributed by atoms with E-state index in [1.54, 1.807) is 37.3 Å². The summed E-state index contributed by atoms with van der Waals surface area (Å²) in [6.45, 7) is 1.23. The highest BCUT2D eigenvalue weighted by atomic mass is 35.5. The maximum Gasteiger partial charge on any atom is 0.257 e. The zero-order valence-corrected chi connectivity index (χ0v) is 10.8. The summed E-state index contributed by atoms with van der Waals surface area (Å²) < 4.78 is 4.94. The number of hydrogen-bond acceptors (Lipinski definition) is 3. The van der Waals surface area contributed by atoms with Crippen LogP contribution in [0.5, 0.6) is 0 Å². The van der Waals surface area contributed by atoms with Crippen LogP contribution in [0.4, 0.5) is 5.69 Å². The van der Waals surface area contributed by atoms with E-state index in [0.29, 0.717) is 29.4 Å². The molecule has 0 radical (unpaired) electrons. The van der Waals surface area contributed by atoms with Crippen LogP contribution in [0.15, 0.2) is 18.2 Å². The van der Waals surface area contributed by atoms with Gasteiger partial charge in [-0.05, 0) is 18.6 Å². The highest BCUT2D eigenvalue weighted by Crippen LogP contribution is 2.23. The number of nitrogen functional groups attached to an aromatic ring is 1. The van der Waals surface area contributed by atoms with E-state index < -0.39 is 0 Å². The molecule has 0 aliphatic heterocycles. The molecule has 1 aromatic rings. The molecule has 0 spiro atoms. The Kier molecular flexibility index (Phi) is 5.25. The molecule has 0 aliphatic rings. The van der Waals surface area contributed by atoms with E-state index in [2.05, 4.69) is 0 Å². The van der Waals surface area contributed by atoms with Crippen LogP contribution in [-0.4, -0.2) is 38.1 Å². The van der Waals surface area contributed by atoms with Gasteiger partial charge in [-0.25, -0.2) is 0 Å². The largest absolute Gasteiger partial charge is 0.398 e. The third kappa shape index (κ3) is 3.61. The van der Waals surface area contributed by atoms with Crippen molar-refractivity contribution in [3.63, 3.8) is 0 Å². The Morgan fingerprint density at radius 3 is 2.82 bits per heavy atom. The average molecular weight is 257 g/mol. The van der Waals surface area contributed by atoms with Gasteiger partial charge in [0, 0.05) is 33.0 Å². The number of hydrogen-bond donors (Lipinski definition) is 1. The summed E-state index contributed by atoms with van der Waals surface area (Å²) in [7, 11) is 3.36. The summed E-state index contributed by atoms with van der Waals surface area (Å²) in [5, 5.41) is 0.383. The number of methoxy groups -OCH3 is 1. The molecule has 0 unspecified atom stereocenters. The van der Waals surface area contributed by atoms with E-state index in [1.807, 2.05) is 0 Å². The Balaban J connectivity index is 2.75. The molecule has 0 atom stereocenters. The van der Waals surface area contributed by atoms with Crippen LogP contribution in [0, 0.1) is 0 Å². The number of carbonyl (C=O) groups excluding carboxylic acids is 1. The molecule has 1 rings (SSSR count). The molecule has 2 N–H and O–H groups in total. The molecule has 5 heteroatoms. The second kappa shape index (κ2) is 6.47. The highest BCUT2D eigenvalue weighted by Gasteiger charge is 2.17. The van der Waals surface area contributed by atoms with Gasteiger partial charge in [0.2, 0.25) is 0 Å². The lowest BCUT2D eigenvalue weighted by Gasteiger charge is -2.18. The Labute approximate surface area is 106 Å². The van der Waals surface area contributed by atoms with Crippen molar-refractivity contribution in [3.05, 3.63) is 28.8 Å². The first-order chi connectivity index (χ1) is 8.07. The van der Waals surface area contributed by atoms with Gasteiger partial charge in [-0.15, -0.1) is 0 Å². The smallest absolute Gasteiger partial charge is 0.257 e. The molecule has 0 saturated carbocycles. The SMILES string of the molecule is COCCCN(C)C(=O)c1c(N)cccc1Cl. The summed E-state index contributed by atoms with van der Waals surface area (Å²) in [6, 6.07) is 5.05. The lowest BCUT2D eigenvalue weighted by Crippen LogP contribution is -2.29. The van der Waals surface area contributed by atoms with Crippen molar-refractivity contribution < 1.29 is 9.53 Å². The Bertz CT molecular complexity index is 376. The Morgan fingerprint density at radius 2 is 2.24 bits per heavy atom. The highest BCUT2D eigenvalue weighted by molar-refractivity contribution is 6.34. The fourth-order valence-electron chi connectivity index (χ4n) is 1.50. The maximum absolute atomic E-state index is 12.1. The third-order valence-electron chi connectivity index (χ3n) is 2.45. The molecular weight excluding hydrogens is 240 g/mol. The molecule has 4 nitrogen and oxygen atoms in total. The summed E-state index contributed by atoms with van der Waals surface area (Å²) in [5.74, 6) is -0.163. The zero-order valence-electron chi connectivity index (χ0n) is 10.1. The van der Waals surface area contributed by atoms with Gasteiger partial charge in [-0.2, -0.15) is 0 Å². The van der Waals surface area contributed by atoms with E-state index in [4.69, 9.17) is 22.1 Å². The maximum atomic E-state index is 12.1. The van der Waals surface area contributed by atoms with Gasteiger partial charge in [-0.3, -0.25) is 4.79 Å². The quantitative estimate of drug-likeness (QED) is 0.648. The average Bonchev–Trinajstić information content (AvgIpc) is 2.28. The summed E-state index contributed by atoms with van der Waals surface area (Å²) in [5.41, 5.74) is 6.53. The summed E-state index contributed by atoms with van der Waals surface area (Å²) in [6.07, 6.45) is 0.781. The van der Waals surface area contributed by atoms with Gasteiger partial charge >= 0.3 is 0 Å².